The molecule has 1 aliphatic heterocycles. The highest BCUT2D eigenvalue weighted by Gasteiger charge is 2.46. The number of halogens is 2. The minimum Gasteiger partial charge on any atom is -0.496 e. The number of benzene rings is 2. The first-order chi connectivity index (χ1) is 10.2. The quantitative estimate of drug-likeness (QED) is 0.845. The first-order valence-electron chi connectivity index (χ1n) is 6.80. The fourth-order valence-corrected chi connectivity index (χ4v) is 3.50. The molecule has 1 spiro atoms. The summed E-state index contributed by atoms with van der Waals surface area (Å²) in [5.74, 6) is -0.176. The molecule has 2 N–H and O–H groups in total. The molecule has 2 aliphatic rings. The van der Waals surface area contributed by atoms with Crippen molar-refractivity contribution < 1.29 is 13.5 Å². The van der Waals surface area contributed by atoms with E-state index >= 15 is 0 Å². The Bertz CT molecular complexity index is 739. The molecule has 21 heavy (non-hydrogen) atoms. The molecule has 1 aliphatic carbocycles. The van der Waals surface area contributed by atoms with Gasteiger partial charge in [-0.15, -0.1) is 0 Å². The second-order valence-corrected chi connectivity index (χ2v) is 5.41. The zero-order valence-corrected chi connectivity index (χ0v) is 11.5. The van der Waals surface area contributed by atoms with Crippen molar-refractivity contribution in [2.75, 3.05) is 20.3 Å². The van der Waals surface area contributed by atoms with Gasteiger partial charge in [0, 0.05) is 24.8 Å². The van der Waals surface area contributed by atoms with Gasteiger partial charge in [0.2, 0.25) is 0 Å². The molecule has 0 radical (unpaired) electrons. The maximum absolute atomic E-state index is 13.9. The largest absolute Gasteiger partial charge is 0.496 e. The van der Waals surface area contributed by atoms with E-state index in [1.807, 2.05) is 0 Å². The van der Waals surface area contributed by atoms with Gasteiger partial charge in [-0.25, -0.2) is 8.78 Å². The Balaban J connectivity index is 2.10. The van der Waals surface area contributed by atoms with Crippen LogP contribution in [0.1, 0.15) is 11.1 Å². The molecular formula is C16H14F2N2O. The van der Waals surface area contributed by atoms with Crippen LogP contribution in [0.25, 0.3) is 11.1 Å². The van der Waals surface area contributed by atoms with Gasteiger partial charge < -0.3 is 10.1 Å². The number of rotatable bonds is 1. The van der Waals surface area contributed by atoms with Gasteiger partial charge in [0.25, 0.3) is 0 Å². The van der Waals surface area contributed by atoms with Crippen molar-refractivity contribution in [2.24, 2.45) is 0 Å². The van der Waals surface area contributed by atoms with Crippen molar-refractivity contribution in [1.29, 1.82) is 0 Å². The normalized spacial score (nSPS) is 22.4. The van der Waals surface area contributed by atoms with Crippen LogP contribution >= 0.6 is 0 Å². The van der Waals surface area contributed by atoms with Crippen LogP contribution in [0.2, 0.25) is 0 Å². The predicted octanol–water partition coefficient (Wildman–Crippen LogP) is 2.35. The zero-order chi connectivity index (χ0) is 14.6. The van der Waals surface area contributed by atoms with Crippen molar-refractivity contribution in [1.82, 2.24) is 10.6 Å². The first kappa shape index (κ1) is 12.7. The molecule has 3 nitrogen and oxygen atoms in total. The summed E-state index contributed by atoms with van der Waals surface area (Å²) >= 11 is 0. The standard InChI is InChI=1S/C16H14F2N2O/c1-21-14-6-10(18)5-13-15(14)11-3-2-9(17)4-12(11)16(13)7-19-8-20-16/h2-6,19-20H,7-8H2,1H3. The Morgan fingerprint density at radius 3 is 2.62 bits per heavy atom. The molecule has 0 amide bonds. The summed E-state index contributed by atoms with van der Waals surface area (Å²) < 4.78 is 33.0. The Hall–Kier alpha value is -1.98. The van der Waals surface area contributed by atoms with Gasteiger partial charge in [0.15, 0.2) is 0 Å². The lowest BCUT2D eigenvalue weighted by molar-refractivity contribution is 0.411. The van der Waals surface area contributed by atoms with Crippen LogP contribution in [0.4, 0.5) is 8.78 Å². The number of ether oxygens (including phenoxy) is 1. The summed E-state index contributed by atoms with van der Waals surface area (Å²) in [5, 5.41) is 6.57. The van der Waals surface area contributed by atoms with E-state index in [0.717, 1.165) is 22.3 Å². The van der Waals surface area contributed by atoms with Crippen LogP contribution in [-0.4, -0.2) is 20.3 Å². The molecule has 5 heteroatoms. The molecule has 0 aromatic heterocycles. The third-order valence-electron chi connectivity index (χ3n) is 4.36. The number of nitrogens with one attached hydrogen (secondary N) is 2. The molecule has 4 rings (SSSR count). The minimum absolute atomic E-state index is 0.297. The maximum Gasteiger partial charge on any atom is 0.129 e. The fourth-order valence-electron chi connectivity index (χ4n) is 3.50. The van der Waals surface area contributed by atoms with Crippen LogP contribution in [0, 0.1) is 11.6 Å². The zero-order valence-electron chi connectivity index (χ0n) is 11.5. The van der Waals surface area contributed by atoms with Gasteiger partial charge in [-0.2, -0.15) is 0 Å². The van der Waals surface area contributed by atoms with E-state index in [4.69, 9.17) is 4.74 Å². The Kier molecular flexibility index (Phi) is 2.58. The summed E-state index contributed by atoms with van der Waals surface area (Å²) in [6.07, 6.45) is 0. The molecule has 1 heterocycles. The predicted molar refractivity (Wildman–Crippen MR) is 75.1 cm³/mol. The highest BCUT2D eigenvalue weighted by Crippen LogP contribution is 2.52. The lowest BCUT2D eigenvalue weighted by atomic mass is 9.88. The van der Waals surface area contributed by atoms with E-state index < -0.39 is 5.54 Å². The summed E-state index contributed by atoms with van der Waals surface area (Å²) in [6.45, 7) is 1.18. The van der Waals surface area contributed by atoms with Crippen molar-refractivity contribution >= 4 is 0 Å². The van der Waals surface area contributed by atoms with E-state index in [-0.39, 0.29) is 11.6 Å². The highest BCUT2D eigenvalue weighted by molar-refractivity contribution is 5.85. The molecule has 1 atom stereocenters. The van der Waals surface area contributed by atoms with Gasteiger partial charge >= 0.3 is 0 Å². The second kappa shape index (κ2) is 4.26. The SMILES string of the molecule is COc1cc(F)cc2c1-c1ccc(F)cc1C21CNCN1. The number of fused-ring (bicyclic) bond motifs is 5. The third-order valence-corrected chi connectivity index (χ3v) is 4.36. The number of methoxy groups -OCH3 is 1. The van der Waals surface area contributed by atoms with Crippen molar-refractivity contribution in [3.63, 3.8) is 0 Å². The van der Waals surface area contributed by atoms with E-state index in [2.05, 4.69) is 10.6 Å². The minimum atomic E-state index is -0.595. The fraction of sp³-hybridized carbons (Fsp3) is 0.250. The lowest BCUT2D eigenvalue weighted by Crippen LogP contribution is -2.38. The van der Waals surface area contributed by atoms with Crippen LogP contribution in [-0.2, 0) is 5.54 Å². The smallest absolute Gasteiger partial charge is 0.129 e. The molecule has 1 fully saturated rings. The Morgan fingerprint density at radius 1 is 1.10 bits per heavy atom. The van der Waals surface area contributed by atoms with Gasteiger partial charge in [0.05, 0.1) is 12.6 Å². The average molecular weight is 288 g/mol. The molecular weight excluding hydrogens is 274 g/mol. The molecule has 1 unspecified atom stereocenters. The van der Waals surface area contributed by atoms with Gasteiger partial charge in [-0.1, -0.05) is 6.07 Å². The lowest BCUT2D eigenvalue weighted by Gasteiger charge is -2.26. The highest BCUT2D eigenvalue weighted by atomic mass is 19.1. The second-order valence-electron chi connectivity index (χ2n) is 5.41. The van der Waals surface area contributed by atoms with Crippen molar-refractivity contribution in [2.45, 2.75) is 5.54 Å². The van der Waals surface area contributed by atoms with Crippen molar-refractivity contribution in [3.8, 4) is 16.9 Å². The van der Waals surface area contributed by atoms with E-state index in [1.54, 1.807) is 6.07 Å². The molecule has 2 aromatic carbocycles. The van der Waals surface area contributed by atoms with E-state index in [9.17, 15) is 8.78 Å². The molecule has 1 saturated heterocycles. The van der Waals surface area contributed by atoms with Crippen LogP contribution in [0.15, 0.2) is 30.3 Å². The average Bonchev–Trinajstić information content (AvgIpc) is 3.05. The third kappa shape index (κ3) is 1.58. The van der Waals surface area contributed by atoms with Gasteiger partial charge in [-0.3, -0.25) is 5.32 Å². The van der Waals surface area contributed by atoms with E-state index in [0.29, 0.717) is 19.0 Å². The van der Waals surface area contributed by atoms with Crippen LogP contribution in [0.3, 0.4) is 0 Å². The van der Waals surface area contributed by atoms with Crippen molar-refractivity contribution in [3.05, 3.63) is 53.1 Å². The van der Waals surface area contributed by atoms with Gasteiger partial charge in [0.1, 0.15) is 17.4 Å². The summed E-state index contributed by atoms with van der Waals surface area (Å²) in [4.78, 5) is 0. The molecule has 0 bridgehead atoms. The Labute approximate surface area is 120 Å². The molecule has 0 saturated carbocycles. The van der Waals surface area contributed by atoms with Crippen LogP contribution < -0.4 is 15.4 Å². The number of hydrogen-bond acceptors (Lipinski definition) is 3. The first-order valence-corrected chi connectivity index (χ1v) is 6.80. The summed E-state index contributed by atoms with van der Waals surface area (Å²) in [5.41, 5.74) is 2.75. The van der Waals surface area contributed by atoms with Gasteiger partial charge in [-0.05, 0) is 34.9 Å². The number of hydrogen-bond donors (Lipinski definition) is 2. The van der Waals surface area contributed by atoms with E-state index in [1.165, 1.54) is 31.4 Å². The molecule has 108 valence electrons. The topological polar surface area (TPSA) is 33.3 Å². The summed E-state index contributed by atoms with van der Waals surface area (Å²) in [6, 6.07) is 7.56. The Morgan fingerprint density at radius 2 is 1.90 bits per heavy atom. The monoisotopic (exact) mass is 288 g/mol. The molecule has 2 aromatic rings. The summed E-state index contributed by atoms with van der Waals surface area (Å²) in [7, 11) is 1.52. The van der Waals surface area contributed by atoms with Crippen LogP contribution in [0.5, 0.6) is 5.75 Å². The maximum atomic E-state index is 13.9.